The van der Waals surface area contributed by atoms with Gasteiger partial charge in [0.25, 0.3) is 0 Å². The number of amides is 1. The normalized spacial score (nSPS) is 25.5. The third kappa shape index (κ3) is 4.06. The number of rotatable bonds is 5. The van der Waals surface area contributed by atoms with Crippen molar-refractivity contribution in [2.24, 2.45) is 11.8 Å². The predicted octanol–water partition coefficient (Wildman–Crippen LogP) is 6.00. The Morgan fingerprint density at radius 1 is 1.12 bits per heavy atom. The van der Waals surface area contributed by atoms with Crippen molar-refractivity contribution in [2.75, 3.05) is 12.0 Å². The quantitative estimate of drug-likeness (QED) is 0.559. The van der Waals surface area contributed by atoms with Crippen molar-refractivity contribution in [2.45, 2.75) is 96.6 Å². The molecule has 33 heavy (non-hydrogen) atoms. The number of fused-ring (bicyclic) bond motifs is 3. The maximum atomic E-state index is 12.6. The molecule has 1 amide bonds. The molecule has 0 bridgehead atoms. The number of Topliss-reactive ketones (excluding diaryl/α,β-unsaturated/α-hetero) is 1. The molecular weight excluding hydrogens is 414 g/mol. The van der Waals surface area contributed by atoms with Crippen molar-refractivity contribution in [1.29, 1.82) is 0 Å². The molecule has 0 saturated heterocycles. The van der Waals surface area contributed by atoms with Gasteiger partial charge < -0.3 is 9.30 Å². The number of aryl methyl sites for hydroxylation is 2. The third-order valence-corrected chi connectivity index (χ3v) is 8.49. The topological polar surface area (TPSA) is 64.4 Å². The van der Waals surface area contributed by atoms with E-state index in [-0.39, 0.29) is 18.1 Å². The van der Waals surface area contributed by atoms with Gasteiger partial charge in [-0.25, -0.2) is 9.78 Å². The number of methoxy groups -OCH3 is 1. The number of anilines is 1. The molecule has 5 rings (SSSR count). The number of carbonyl (C=O) groups is 2. The van der Waals surface area contributed by atoms with E-state index in [1.165, 1.54) is 49.7 Å². The molecule has 3 atom stereocenters. The molecule has 178 valence electrons. The maximum Gasteiger partial charge on any atom is 0.414 e. The first kappa shape index (κ1) is 22.4. The van der Waals surface area contributed by atoms with Gasteiger partial charge in [0.2, 0.25) is 0 Å². The molecule has 2 saturated carbocycles. The molecule has 0 spiro atoms. The van der Waals surface area contributed by atoms with Crippen molar-refractivity contribution in [3.05, 3.63) is 23.5 Å². The van der Waals surface area contributed by atoms with Crippen LogP contribution in [0.25, 0.3) is 11.0 Å². The van der Waals surface area contributed by atoms with Gasteiger partial charge in [-0.2, -0.15) is 0 Å². The number of ketones is 1. The van der Waals surface area contributed by atoms with Crippen LogP contribution in [0, 0.1) is 11.8 Å². The van der Waals surface area contributed by atoms with E-state index in [0.29, 0.717) is 11.8 Å². The minimum Gasteiger partial charge on any atom is -0.452 e. The zero-order valence-corrected chi connectivity index (χ0v) is 20.3. The lowest BCUT2D eigenvalue weighted by atomic mass is 9.81. The number of imidazole rings is 1. The summed E-state index contributed by atoms with van der Waals surface area (Å²) in [6.45, 7) is 3.83. The van der Waals surface area contributed by atoms with Crippen molar-refractivity contribution in [3.8, 4) is 0 Å². The van der Waals surface area contributed by atoms with E-state index in [1.807, 2.05) is 0 Å². The highest BCUT2D eigenvalue weighted by molar-refractivity contribution is 5.95. The molecular formula is C27H37N3O3. The standard InChI is InChI=1S/C27H37N3O3/c1-17-10-12-22-23(29(17)27(32)33-3)13-14-24-26(22)28-25(15-11-19-6-4-7-19)30(24)21-9-5-8-20(16-21)18(2)31/h13-14,17,19-21H,4-12,15-16H2,1-3H3/t17-,20-,21+/m0/s1. The van der Waals surface area contributed by atoms with Crippen LogP contribution in [0.15, 0.2) is 12.1 Å². The van der Waals surface area contributed by atoms with Crippen molar-refractivity contribution in [1.82, 2.24) is 9.55 Å². The summed E-state index contributed by atoms with van der Waals surface area (Å²) >= 11 is 0. The lowest BCUT2D eigenvalue weighted by Gasteiger charge is -2.34. The van der Waals surface area contributed by atoms with Gasteiger partial charge in [-0.15, -0.1) is 0 Å². The van der Waals surface area contributed by atoms with Crippen LogP contribution in [-0.2, 0) is 22.4 Å². The number of ether oxygens (including phenoxy) is 1. The lowest BCUT2D eigenvalue weighted by molar-refractivity contribution is -0.122. The lowest BCUT2D eigenvalue weighted by Crippen LogP contribution is -2.42. The van der Waals surface area contributed by atoms with Gasteiger partial charge in [-0.05, 0) is 70.4 Å². The zero-order valence-electron chi connectivity index (χ0n) is 20.3. The van der Waals surface area contributed by atoms with Crippen LogP contribution in [0.3, 0.4) is 0 Å². The minimum atomic E-state index is -0.302. The third-order valence-electron chi connectivity index (χ3n) is 8.49. The van der Waals surface area contributed by atoms with E-state index in [0.717, 1.165) is 62.1 Å². The van der Waals surface area contributed by atoms with E-state index in [4.69, 9.17) is 9.72 Å². The minimum absolute atomic E-state index is 0.109. The molecule has 2 aliphatic carbocycles. The van der Waals surface area contributed by atoms with Crippen molar-refractivity contribution in [3.63, 3.8) is 0 Å². The van der Waals surface area contributed by atoms with Gasteiger partial charge in [0, 0.05) is 30.0 Å². The Kier molecular flexibility index (Phi) is 6.19. The molecule has 6 heteroatoms. The summed E-state index contributed by atoms with van der Waals surface area (Å²) in [5, 5.41) is 0. The van der Waals surface area contributed by atoms with Crippen molar-refractivity contribution >= 4 is 28.6 Å². The first-order valence-electron chi connectivity index (χ1n) is 12.9. The maximum absolute atomic E-state index is 12.6. The molecule has 1 aromatic heterocycles. The van der Waals surface area contributed by atoms with Crippen LogP contribution in [0.5, 0.6) is 0 Å². The second-order valence-electron chi connectivity index (χ2n) is 10.5. The highest BCUT2D eigenvalue weighted by Gasteiger charge is 2.33. The van der Waals surface area contributed by atoms with Gasteiger partial charge in [0.05, 0.1) is 23.8 Å². The summed E-state index contributed by atoms with van der Waals surface area (Å²) < 4.78 is 7.58. The molecule has 1 aromatic carbocycles. The highest BCUT2D eigenvalue weighted by Crippen LogP contribution is 2.41. The Labute approximate surface area is 196 Å². The molecule has 2 heterocycles. The summed E-state index contributed by atoms with van der Waals surface area (Å²) in [4.78, 5) is 31.8. The fourth-order valence-corrected chi connectivity index (χ4v) is 6.29. The average molecular weight is 452 g/mol. The molecule has 2 aromatic rings. The molecule has 6 nitrogen and oxygen atoms in total. The van der Waals surface area contributed by atoms with E-state index >= 15 is 0 Å². The predicted molar refractivity (Wildman–Crippen MR) is 130 cm³/mol. The van der Waals surface area contributed by atoms with E-state index < -0.39 is 0 Å². The summed E-state index contributed by atoms with van der Waals surface area (Å²) in [6.07, 6.45) is 11.9. The Bertz CT molecular complexity index is 1050. The number of aromatic nitrogens is 2. The fourth-order valence-electron chi connectivity index (χ4n) is 6.29. The number of nitrogens with zero attached hydrogens (tertiary/aromatic N) is 3. The van der Waals surface area contributed by atoms with E-state index in [9.17, 15) is 9.59 Å². The first-order valence-corrected chi connectivity index (χ1v) is 12.9. The van der Waals surface area contributed by atoms with Gasteiger partial charge in [0.15, 0.2) is 0 Å². The number of carbonyl (C=O) groups excluding carboxylic acids is 2. The van der Waals surface area contributed by atoms with Gasteiger partial charge >= 0.3 is 6.09 Å². The van der Waals surface area contributed by atoms with Crippen LogP contribution in [-0.4, -0.2) is 34.6 Å². The van der Waals surface area contributed by atoms with Crippen LogP contribution in [0.2, 0.25) is 0 Å². The molecule has 2 fully saturated rings. The largest absolute Gasteiger partial charge is 0.452 e. The highest BCUT2D eigenvalue weighted by atomic mass is 16.5. The average Bonchev–Trinajstić information content (AvgIpc) is 3.16. The SMILES string of the molecule is COC(=O)N1c2ccc3c(nc(CCC4CCC4)n3[C@@H]3CCC[C@H](C(C)=O)C3)c2CC[C@@H]1C. The molecule has 1 aliphatic heterocycles. The molecule has 3 aliphatic rings. The van der Waals surface area contributed by atoms with Crippen LogP contribution >= 0.6 is 0 Å². The van der Waals surface area contributed by atoms with Crippen LogP contribution in [0.4, 0.5) is 10.5 Å². The van der Waals surface area contributed by atoms with Crippen LogP contribution < -0.4 is 4.90 Å². The number of hydrogen-bond donors (Lipinski definition) is 0. The summed E-state index contributed by atoms with van der Waals surface area (Å²) in [6, 6.07) is 4.67. The number of hydrogen-bond acceptors (Lipinski definition) is 4. The first-order chi connectivity index (χ1) is 16.0. The van der Waals surface area contributed by atoms with Gasteiger partial charge in [0.1, 0.15) is 11.6 Å². The Balaban J connectivity index is 1.58. The van der Waals surface area contributed by atoms with Gasteiger partial charge in [-0.3, -0.25) is 9.69 Å². The van der Waals surface area contributed by atoms with Crippen molar-refractivity contribution < 1.29 is 14.3 Å². The Morgan fingerprint density at radius 3 is 2.61 bits per heavy atom. The smallest absolute Gasteiger partial charge is 0.414 e. The zero-order chi connectivity index (χ0) is 23.1. The van der Waals surface area contributed by atoms with E-state index in [1.54, 1.807) is 11.8 Å². The number of benzene rings is 1. The Hall–Kier alpha value is -2.37. The van der Waals surface area contributed by atoms with E-state index in [2.05, 4.69) is 23.6 Å². The molecule has 0 radical (unpaired) electrons. The molecule has 0 unspecified atom stereocenters. The second-order valence-corrected chi connectivity index (χ2v) is 10.5. The summed E-state index contributed by atoms with van der Waals surface area (Å²) in [5.74, 6) is 2.48. The second kappa shape index (κ2) is 9.11. The Morgan fingerprint density at radius 2 is 1.91 bits per heavy atom. The van der Waals surface area contributed by atoms with Crippen LogP contribution in [0.1, 0.15) is 89.1 Å². The summed E-state index contributed by atoms with van der Waals surface area (Å²) in [7, 11) is 1.45. The monoisotopic (exact) mass is 451 g/mol. The molecule has 0 N–H and O–H groups in total. The van der Waals surface area contributed by atoms with Gasteiger partial charge in [-0.1, -0.05) is 25.7 Å². The fraction of sp³-hybridized carbons (Fsp3) is 0.667. The summed E-state index contributed by atoms with van der Waals surface area (Å²) in [5.41, 5.74) is 4.32.